The average Bonchev–Trinajstić information content (AvgIpc) is 2.40. The lowest BCUT2D eigenvalue weighted by molar-refractivity contribution is 0.0533. The van der Waals surface area contributed by atoms with Crippen molar-refractivity contribution in [3.05, 3.63) is 34.1 Å². The van der Waals surface area contributed by atoms with E-state index in [4.69, 9.17) is 4.74 Å². The Bertz CT molecular complexity index is 393. The van der Waals surface area contributed by atoms with Crippen LogP contribution >= 0.6 is 15.9 Å². The van der Waals surface area contributed by atoms with Crippen LogP contribution in [0, 0.1) is 11.7 Å². The molecule has 1 aromatic rings. The minimum atomic E-state index is -0.129. The maximum Gasteiger partial charge on any atom is 0.128 e. The summed E-state index contributed by atoms with van der Waals surface area (Å²) in [6, 6.07) is 5.24. The Kier molecular flexibility index (Phi) is 5.15. The molecule has 4 heteroatoms. The molecule has 1 heterocycles. The van der Waals surface area contributed by atoms with Crippen LogP contribution in [0.2, 0.25) is 0 Å². The van der Waals surface area contributed by atoms with Crippen LogP contribution in [0.3, 0.4) is 0 Å². The van der Waals surface area contributed by atoms with Crippen molar-refractivity contribution in [1.82, 2.24) is 5.32 Å². The Morgan fingerprint density at radius 3 is 2.83 bits per heavy atom. The van der Waals surface area contributed by atoms with Gasteiger partial charge in [-0.1, -0.05) is 22.9 Å². The summed E-state index contributed by atoms with van der Waals surface area (Å²) >= 11 is 3.42. The zero-order valence-electron chi connectivity index (χ0n) is 10.6. The number of ether oxygens (including phenoxy) is 1. The summed E-state index contributed by atoms with van der Waals surface area (Å²) in [6.45, 7) is 4.46. The number of benzene rings is 1. The first-order chi connectivity index (χ1) is 8.72. The lowest BCUT2D eigenvalue weighted by Gasteiger charge is -2.31. The first-order valence-corrected chi connectivity index (χ1v) is 7.27. The van der Waals surface area contributed by atoms with Crippen molar-refractivity contribution >= 4 is 15.9 Å². The quantitative estimate of drug-likeness (QED) is 0.915. The van der Waals surface area contributed by atoms with Gasteiger partial charge in [-0.25, -0.2) is 4.39 Å². The Labute approximate surface area is 116 Å². The molecule has 18 heavy (non-hydrogen) atoms. The van der Waals surface area contributed by atoms with Crippen LogP contribution < -0.4 is 5.32 Å². The molecule has 0 amide bonds. The number of hydrogen-bond donors (Lipinski definition) is 1. The topological polar surface area (TPSA) is 21.3 Å². The molecule has 1 fully saturated rings. The summed E-state index contributed by atoms with van der Waals surface area (Å²) < 4.78 is 20.3. The van der Waals surface area contributed by atoms with Gasteiger partial charge < -0.3 is 10.1 Å². The van der Waals surface area contributed by atoms with Gasteiger partial charge in [0, 0.05) is 29.3 Å². The summed E-state index contributed by atoms with van der Waals surface area (Å²) in [5, 5.41) is 3.42. The Hall–Kier alpha value is -0.450. The molecule has 0 saturated carbocycles. The molecule has 1 aliphatic rings. The van der Waals surface area contributed by atoms with Gasteiger partial charge in [-0.3, -0.25) is 0 Å². The average molecular weight is 316 g/mol. The zero-order valence-corrected chi connectivity index (χ0v) is 12.2. The molecule has 1 aromatic carbocycles. The maximum absolute atomic E-state index is 14.0. The van der Waals surface area contributed by atoms with Crippen LogP contribution in [0.5, 0.6) is 0 Å². The molecular formula is C14H19BrFNO. The van der Waals surface area contributed by atoms with Crippen molar-refractivity contribution in [1.29, 1.82) is 0 Å². The SMILES string of the molecule is CCNC(c1cc(Br)ccc1F)C1CCOCC1. The van der Waals surface area contributed by atoms with Crippen LogP contribution in [-0.4, -0.2) is 19.8 Å². The second kappa shape index (κ2) is 6.64. The van der Waals surface area contributed by atoms with Gasteiger partial charge in [0.05, 0.1) is 0 Å². The van der Waals surface area contributed by atoms with Crippen molar-refractivity contribution in [2.24, 2.45) is 5.92 Å². The third-order valence-corrected chi connectivity index (χ3v) is 3.95. The monoisotopic (exact) mass is 315 g/mol. The Morgan fingerprint density at radius 2 is 2.17 bits per heavy atom. The summed E-state index contributed by atoms with van der Waals surface area (Å²) in [5.41, 5.74) is 0.762. The number of nitrogens with one attached hydrogen (secondary N) is 1. The van der Waals surface area contributed by atoms with E-state index < -0.39 is 0 Å². The molecule has 0 spiro atoms. The van der Waals surface area contributed by atoms with E-state index in [1.807, 2.05) is 6.07 Å². The fourth-order valence-electron chi connectivity index (χ4n) is 2.55. The maximum atomic E-state index is 14.0. The summed E-state index contributed by atoms with van der Waals surface area (Å²) in [5.74, 6) is 0.318. The normalized spacial score (nSPS) is 18.8. The fourth-order valence-corrected chi connectivity index (χ4v) is 2.93. The van der Waals surface area contributed by atoms with Crippen LogP contribution in [-0.2, 0) is 4.74 Å². The van der Waals surface area contributed by atoms with Gasteiger partial charge in [0.1, 0.15) is 5.82 Å². The molecule has 1 atom stereocenters. The van der Waals surface area contributed by atoms with Crippen molar-refractivity contribution in [2.75, 3.05) is 19.8 Å². The van der Waals surface area contributed by atoms with Gasteiger partial charge in [-0.05, 0) is 43.5 Å². The highest BCUT2D eigenvalue weighted by atomic mass is 79.9. The van der Waals surface area contributed by atoms with E-state index in [9.17, 15) is 4.39 Å². The number of halogens is 2. The van der Waals surface area contributed by atoms with Gasteiger partial charge >= 0.3 is 0 Å². The zero-order chi connectivity index (χ0) is 13.0. The van der Waals surface area contributed by atoms with Crippen LogP contribution in [0.15, 0.2) is 22.7 Å². The van der Waals surface area contributed by atoms with Crippen LogP contribution in [0.25, 0.3) is 0 Å². The number of rotatable bonds is 4. The van der Waals surface area contributed by atoms with E-state index in [1.165, 1.54) is 6.07 Å². The van der Waals surface area contributed by atoms with Gasteiger partial charge in [-0.2, -0.15) is 0 Å². The van der Waals surface area contributed by atoms with E-state index in [0.717, 1.165) is 42.6 Å². The minimum absolute atomic E-state index is 0.0800. The summed E-state index contributed by atoms with van der Waals surface area (Å²) in [6.07, 6.45) is 1.98. The highest BCUT2D eigenvalue weighted by Gasteiger charge is 2.26. The molecule has 0 radical (unpaired) electrons. The smallest absolute Gasteiger partial charge is 0.128 e. The van der Waals surface area contributed by atoms with E-state index in [1.54, 1.807) is 6.07 Å². The molecule has 1 N–H and O–H groups in total. The molecule has 1 saturated heterocycles. The molecule has 0 bridgehead atoms. The largest absolute Gasteiger partial charge is 0.381 e. The summed E-state index contributed by atoms with van der Waals surface area (Å²) in [7, 11) is 0. The van der Waals surface area contributed by atoms with Gasteiger partial charge in [0.25, 0.3) is 0 Å². The second-order valence-corrected chi connectivity index (χ2v) is 5.57. The standard InChI is InChI=1S/C14H19BrFNO/c1-2-17-14(10-5-7-18-8-6-10)12-9-11(15)3-4-13(12)16/h3-4,9-10,14,17H,2,5-8H2,1H3. The highest BCUT2D eigenvalue weighted by Crippen LogP contribution is 2.32. The van der Waals surface area contributed by atoms with Crippen LogP contribution in [0.1, 0.15) is 31.4 Å². The molecule has 1 aliphatic heterocycles. The molecule has 100 valence electrons. The van der Waals surface area contributed by atoms with Crippen molar-refractivity contribution in [3.8, 4) is 0 Å². The second-order valence-electron chi connectivity index (χ2n) is 4.65. The predicted octanol–water partition coefficient (Wildman–Crippen LogP) is 3.67. The molecule has 0 aromatic heterocycles. The molecule has 0 aliphatic carbocycles. The van der Waals surface area contributed by atoms with Crippen molar-refractivity contribution in [3.63, 3.8) is 0 Å². The number of hydrogen-bond acceptors (Lipinski definition) is 2. The molecule has 1 unspecified atom stereocenters. The van der Waals surface area contributed by atoms with Crippen molar-refractivity contribution < 1.29 is 9.13 Å². The van der Waals surface area contributed by atoms with E-state index in [0.29, 0.717) is 5.92 Å². The third-order valence-electron chi connectivity index (χ3n) is 3.45. The Morgan fingerprint density at radius 1 is 1.44 bits per heavy atom. The van der Waals surface area contributed by atoms with Gasteiger partial charge in [-0.15, -0.1) is 0 Å². The Balaban J connectivity index is 2.24. The fraction of sp³-hybridized carbons (Fsp3) is 0.571. The molecule has 2 rings (SSSR count). The minimum Gasteiger partial charge on any atom is -0.381 e. The highest BCUT2D eigenvalue weighted by molar-refractivity contribution is 9.10. The summed E-state index contributed by atoms with van der Waals surface area (Å²) in [4.78, 5) is 0. The van der Waals surface area contributed by atoms with E-state index in [-0.39, 0.29) is 11.9 Å². The lowest BCUT2D eigenvalue weighted by atomic mass is 9.87. The molecular weight excluding hydrogens is 297 g/mol. The van der Waals surface area contributed by atoms with Crippen molar-refractivity contribution in [2.45, 2.75) is 25.8 Å². The van der Waals surface area contributed by atoms with Crippen LogP contribution in [0.4, 0.5) is 4.39 Å². The third kappa shape index (κ3) is 3.31. The van der Waals surface area contributed by atoms with Gasteiger partial charge in [0.2, 0.25) is 0 Å². The first kappa shape index (κ1) is 14.0. The predicted molar refractivity (Wildman–Crippen MR) is 74.1 cm³/mol. The van der Waals surface area contributed by atoms with E-state index in [2.05, 4.69) is 28.2 Å². The van der Waals surface area contributed by atoms with E-state index >= 15 is 0 Å². The first-order valence-electron chi connectivity index (χ1n) is 6.48. The lowest BCUT2D eigenvalue weighted by Crippen LogP contribution is -2.32. The molecule has 2 nitrogen and oxygen atoms in total. The van der Waals surface area contributed by atoms with Gasteiger partial charge in [0.15, 0.2) is 0 Å².